The first-order chi connectivity index (χ1) is 11.1. The molecule has 0 aliphatic carbocycles. The molecule has 0 saturated carbocycles. The Morgan fingerprint density at radius 1 is 1.17 bits per heavy atom. The van der Waals surface area contributed by atoms with Crippen LogP contribution in [0.1, 0.15) is 11.3 Å². The maximum atomic E-state index is 12.0. The van der Waals surface area contributed by atoms with Crippen LogP contribution in [0.2, 0.25) is 0 Å². The van der Waals surface area contributed by atoms with Crippen molar-refractivity contribution in [3.8, 4) is 0 Å². The van der Waals surface area contributed by atoms with Crippen molar-refractivity contribution in [1.29, 1.82) is 0 Å². The zero-order valence-corrected chi connectivity index (χ0v) is 13.2. The molecule has 1 aromatic carbocycles. The van der Waals surface area contributed by atoms with E-state index >= 15 is 0 Å². The first kappa shape index (κ1) is 15.6. The van der Waals surface area contributed by atoms with E-state index in [1.54, 1.807) is 30.5 Å². The largest absolute Gasteiger partial charge is 0.396 e. The summed E-state index contributed by atoms with van der Waals surface area (Å²) in [7, 11) is -3.52. The van der Waals surface area contributed by atoms with Crippen molar-refractivity contribution in [2.24, 2.45) is 10.9 Å². The first-order valence-electron chi connectivity index (χ1n) is 7.27. The Hall–Kier alpha value is -2.25. The monoisotopic (exact) mass is 331 g/mol. The fraction of sp³-hybridized carbons (Fsp3) is 0.250. The van der Waals surface area contributed by atoms with Gasteiger partial charge in [-0.05, 0) is 30.7 Å². The molecule has 0 amide bonds. The number of sulfonamides is 1. The maximum absolute atomic E-state index is 12.0. The highest BCUT2D eigenvalue weighted by atomic mass is 32.2. The SMILES string of the molecule is O=S1(=O)NC(=NCC(CO)Cc2ccccn2)c2ccccc21. The summed E-state index contributed by atoms with van der Waals surface area (Å²) in [6, 6.07) is 12.3. The number of amidine groups is 1. The van der Waals surface area contributed by atoms with Crippen molar-refractivity contribution in [1.82, 2.24) is 9.71 Å². The highest BCUT2D eigenvalue weighted by molar-refractivity contribution is 7.90. The number of nitrogens with zero attached hydrogens (tertiary/aromatic N) is 2. The third kappa shape index (κ3) is 3.40. The van der Waals surface area contributed by atoms with Crippen molar-refractivity contribution in [2.75, 3.05) is 13.2 Å². The molecule has 0 radical (unpaired) electrons. The van der Waals surface area contributed by atoms with Crippen molar-refractivity contribution in [3.63, 3.8) is 0 Å². The lowest BCUT2D eigenvalue weighted by Crippen LogP contribution is -2.24. The number of aliphatic hydroxyl groups is 1. The van der Waals surface area contributed by atoms with Crippen LogP contribution in [-0.4, -0.2) is 37.5 Å². The summed E-state index contributed by atoms with van der Waals surface area (Å²) in [5.41, 5.74) is 1.45. The molecule has 1 aliphatic rings. The smallest absolute Gasteiger partial charge is 0.263 e. The number of benzene rings is 1. The highest BCUT2D eigenvalue weighted by Gasteiger charge is 2.30. The average molecular weight is 331 g/mol. The summed E-state index contributed by atoms with van der Waals surface area (Å²) in [4.78, 5) is 8.84. The van der Waals surface area contributed by atoms with Gasteiger partial charge in [0, 0.05) is 36.5 Å². The Bertz CT molecular complexity index is 819. The average Bonchev–Trinajstić information content (AvgIpc) is 2.84. The van der Waals surface area contributed by atoms with E-state index in [-0.39, 0.29) is 17.4 Å². The van der Waals surface area contributed by atoms with Crippen molar-refractivity contribution >= 4 is 15.9 Å². The minimum absolute atomic E-state index is 0.0399. The first-order valence-corrected chi connectivity index (χ1v) is 8.76. The van der Waals surface area contributed by atoms with Gasteiger partial charge in [-0.3, -0.25) is 14.7 Å². The van der Waals surface area contributed by atoms with Gasteiger partial charge in [0.05, 0.1) is 4.90 Å². The highest BCUT2D eigenvalue weighted by Crippen LogP contribution is 2.22. The van der Waals surface area contributed by atoms with Crippen LogP contribution < -0.4 is 4.72 Å². The number of hydrogen-bond donors (Lipinski definition) is 2. The van der Waals surface area contributed by atoms with Gasteiger partial charge in [0.15, 0.2) is 0 Å². The van der Waals surface area contributed by atoms with Gasteiger partial charge in [0.1, 0.15) is 5.84 Å². The molecule has 1 unspecified atom stereocenters. The van der Waals surface area contributed by atoms with E-state index < -0.39 is 10.0 Å². The number of fused-ring (bicyclic) bond motifs is 1. The molecular weight excluding hydrogens is 314 g/mol. The number of nitrogens with one attached hydrogen (secondary N) is 1. The fourth-order valence-corrected chi connectivity index (χ4v) is 3.72. The van der Waals surface area contributed by atoms with E-state index in [1.807, 2.05) is 18.2 Å². The van der Waals surface area contributed by atoms with Gasteiger partial charge >= 0.3 is 0 Å². The van der Waals surface area contributed by atoms with E-state index in [9.17, 15) is 13.5 Å². The molecule has 0 saturated heterocycles. The second kappa shape index (κ2) is 6.47. The predicted molar refractivity (Wildman–Crippen MR) is 86.7 cm³/mol. The molecule has 1 aliphatic heterocycles. The van der Waals surface area contributed by atoms with Gasteiger partial charge in [-0.15, -0.1) is 0 Å². The molecule has 0 fully saturated rings. The molecule has 6 nitrogen and oxygen atoms in total. The second-order valence-electron chi connectivity index (χ2n) is 5.36. The third-order valence-corrected chi connectivity index (χ3v) is 5.05. The summed E-state index contributed by atoms with van der Waals surface area (Å²) in [5, 5.41) is 9.52. The Kier molecular flexibility index (Phi) is 4.40. The van der Waals surface area contributed by atoms with Crippen molar-refractivity contribution in [2.45, 2.75) is 11.3 Å². The van der Waals surface area contributed by atoms with Crippen LogP contribution in [0.4, 0.5) is 0 Å². The van der Waals surface area contributed by atoms with Crippen LogP contribution in [0.15, 0.2) is 58.5 Å². The van der Waals surface area contributed by atoms with Crippen LogP contribution in [0.25, 0.3) is 0 Å². The lowest BCUT2D eigenvalue weighted by atomic mass is 10.0. The molecule has 2 N–H and O–H groups in total. The number of hydrogen-bond acceptors (Lipinski definition) is 5. The van der Waals surface area contributed by atoms with Gasteiger partial charge in [-0.25, -0.2) is 8.42 Å². The molecule has 0 bridgehead atoms. The molecule has 2 aromatic rings. The van der Waals surface area contributed by atoms with E-state index in [1.165, 1.54) is 0 Å². The Morgan fingerprint density at radius 3 is 2.70 bits per heavy atom. The Balaban J connectivity index is 1.77. The standard InChI is InChI=1S/C16H17N3O3S/c20-11-12(9-13-5-3-4-8-17-13)10-18-16-14-6-1-2-7-15(14)23(21,22)19-16/h1-8,12,20H,9-11H2,(H,18,19). The van der Waals surface area contributed by atoms with Crippen LogP contribution in [-0.2, 0) is 16.4 Å². The summed E-state index contributed by atoms with van der Waals surface area (Å²) in [6.07, 6.45) is 2.29. The normalized spacial score (nSPS) is 18.4. The van der Waals surface area contributed by atoms with Crippen LogP contribution in [0, 0.1) is 5.92 Å². The lowest BCUT2D eigenvalue weighted by Gasteiger charge is -2.11. The molecule has 120 valence electrons. The van der Waals surface area contributed by atoms with Crippen LogP contribution >= 0.6 is 0 Å². The number of aliphatic hydroxyl groups excluding tert-OH is 1. The third-order valence-electron chi connectivity index (χ3n) is 3.65. The Labute approximate surface area is 135 Å². The topological polar surface area (TPSA) is 91.7 Å². The minimum atomic E-state index is -3.52. The van der Waals surface area contributed by atoms with Gasteiger partial charge in [0.25, 0.3) is 10.0 Å². The molecule has 3 rings (SSSR count). The number of aliphatic imine (C=N–C) groups is 1. The maximum Gasteiger partial charge on any atom is 0.263 e. The van der Waals surface area contributed by atoms with Gasteiger partial charge in [-0.1, -0.05) is 18.2 Å². The molecule has 0 spiro atoms. The van der Waals surface area contributed by atoms with E-state index in [0.717, 1.165) is 5.69 Å². The molecule has 2 heterocycles. The van der Waals surface area contributed by atoms with Crippen molar-refractivity contribution < 1.29 is 13.5 Å². The number of pyridine rings is 1. The van der Waals surface area contributed by atoms with Gasteiger partial charge in [-0.2, -0.15) is 0 Å². The van der Waals surface area contributed by atoms with E-state index in [4.69, 9.17) is 0 Å². The molecule has 1 aromatic heterocycles. The summed E-state index contributed by atoms with van der Waals surface area (Å²) < 4.78 is 26.5. The molecule has 1 atom stereocenters. The quantitative estimate of drug-likeness (QED) is 0.854. The molecule has 23 heavy (non-hydrogen) atoms. The van der Waals surface area contributed by atoms with E-state index in [2.05, 4.69) is 14.7 Å². The number of aromatic nitrogens is 1. The summed E-state index contributed by atoms with van der Waals surface area (Å²) in [5.74, 6) is 0.217. The van der Waals surface area contributed by atoms with Crippen LogP contribution in [0.3, 0.4) is 0 Å². The van der Waals surface area contributed by atoms with Gasteiger partial charge in [0.2, 0.25) is 0 Å². The minimum Gasteiger partial charge on any atom is -0.396 e. The zero-order chi connectivity index (χ0) is 16.3. The van der Waals surface area contributed by atoms with Gasteiger partial charge < -0.3 is 5.11 Å². The Morgan fingerprint density at radius 2 is 1.96 bits per heavy atom. The van der Waals surface area contributed by atoms with Crippen molar-refractivity contribution in [3.05, 3.63) is 59.9 Å². The second-order valence-corrected chi connectivity index (χ2v) is 7.02. The van der Waals surface area contributed by atoms with Crippen LogP contribution in [0.5, 0.6) is 0 Å². The summed E-state index contributed by atoms with van der Waals surface area (Å²) >= 11 is 0. The van der Waals surface area contributed by atoms with E-state index in [0.29, 0.717) is 24.4 Å². The fourth-order valence-electron chi connectivity index (χ4n) is 2.47. The molecule has 7 heteroatoms. The summed E-state index contributed by atoms with van der Waals surface area (Å²) in [6.45, 7) is 0.279. The molecular formula is C16H17N3O3S. The predicted octanol–water partition coefficient (Wildman–Crippen LogP) is 0.971. The number of rotatable bonds is 5. The lowest BCUT2D eigenvalue weighted by molar-refractivity contribution is 0.229. The zero-order valence-electron chi connectivity index (χ0n) is 12.4.